The van der Waals surface area contributed by atoms with Crippen molar-refractivity contribution in [2.75, 3.05) is 26.7 Å². The van der Waals surface area contributed by atoms with E-state index in [0.29, 0.717) is 42.8 Å². The number of ether oxygens (including phenoxy) is 1. The van der Waals surface area contributed by atoms with E-state index >= 15 is 0 Å². The number of carbonyl (C=O) groups excluding carboxylic acids is 2. The summed E-state index contributed by atoms with van der Waals surface area (Å²) >= 11 is 0. The van der Waals surface area contributed by atoms with Crippen LogP contribution in [0.15, 0.2) is 33.5 Å². The number of hydrogen-bond donors (Lipinski definition) is 0. The lowest BCUT2D eigenvalue weighted by Gasteiger charge is -2.36. The summed E-state index contributed by atoms with van der Waals surface area (Å²) in [7, 11) is 1.82. The Morgan fingerprint density at radius 3 is 2.89 bits per heavy atom. The smallest absolute Gasteiger partial charge is 0.349 e. The van der Waals surface area contributed by atoms with Crippen molar-refractivity contribution >= 4 is 22.8 Å². The summed E-state index contributed by atoms with van der Waals surface area (Å²) in [4.78, 5) is 40.7. The number of carbonyl (C=O) groups is 2. The van der Waals surface area contributed by atoms with Gasteiger partial charge in [0.2, 0.25) is 5.91 Å². The molecule has 4 rings (SSSR count). The summed E-state index contributed by atoms with van der Waals surface area (Å²) in [5.74, 6) is 0.528. The maximum Gasteiger partial charge on any atom is 0.349 e. The van der Waals surface area contributed by atoms with Gasteiger partial charge in [-0.25, -0.2) is 4.79 Å². The molecule has 0 N–H and O–H groups in total. The highest BCUT2D eigenvalue weighted by atomic mass is 16.5. The van der Waals surface area contributed by atoms with Gasteiger partial charge in [-0.3, -0.25) is 9.59 Å². The average Bonchev–Trinajstić information content (AvgIpc) is 2.94. The van der Waals surface area contributed by atoms with Crippen molar-refractivity contribution in [1.82, 2.24) is 9.80 Å². The van der Waals surface area contributed by atoms with Gasteiger partial charge >= 0.3 is 5.63 Å². The Bertz CT molecular complexity index is 966. The van der Waals surface area contributed by atoms with Crippen LogP contribution in [0, 0.1) is 5.92 Å². The third kappa shape index (κ3) is 3.07. The molecular weight excluding hydrogens is 348 g/mol. The van der Waals surface area contributed by atoms with Gasteiger partial charge in [0.15, 0.2) is 0 Å². The number of piperidine rings is 1. The van der Waals surface area contributed by atoms with Gasteiger partial charge in [-0.15, -0.1) is 0 Å². The SMILES string of the molecule is CCOc1ccc2cc(C(=O)N3CC[C@H]4[C@H](CC(=O)N4C)C3)c(=O)oc2c1. The van der Waals surface area contributed by atoms with Gasteiger partial charge < -0.3 is 19.0 Å². The van der Waals surface area contributed by atoms with Gasteiger partial charge in [0, 0.05) is 50.0 Å². The molecule has 2 aliphatic rings. The quantitative estimate of drug-likeness (QED) is 0.771. The van der Waals surface area contributed by atoms with E-state index in [1.807, 2.05) is 14.0 Å². The zero-order valence-corrected chi connectivity index (χ0v) is 15.4. The van der Waals surface area contributed by atoms with Crippen LogP contribution in [-0.4, -0.2) is 54.4 Å². The standard InChI is InChI=1S/C20H22N2O5/c1-3-26-14-5-4-12-8-15(20(25)27-17(12)10-14)19(24)22-7-6-16-13(11-22)9-18(23)21(16)2/h4-5,8,10,13,16H,3,6-7,9,11H2,1-2H3/t13-,16+/m1/s1. The van der Waals surface area contributed by atoms with Gasteiger partial charge in [0.05, 0.1) is 6.61 Å². The molecule has 2 amide bonds. The van der Waals surface area contributed by atoms with Gasteiger partial charge in [0.25, 0.3) is 5.91 Å². The number of amides is 2. The number of likely N-dealkylation sites (tertiary alicyclic amines) is 2. The summed E-state index contributed by atoms with van der Waals surface area (Å²) in [6.07, 6.45) is 1.19. The van der Waals surface area contributed by atoms with E-state index in [9.17, 15) is 14.4 Å². The Morgan fingerprint density at radius 2 is 2.11 bits per heavy atom. The number of rotatable bonds is 3. The molecule has 2 aliphatic heterocycles. The number of benzene rings is 1. The molecule has 0 saturated carbocycles. The van der Waals surface area contributed by atoms with Crippen LogP contribution in [0.4, 0.5) is 0 Å². The summed E-state index contributed by atoms with van der Waals surface area (Å²) in [5, 5.41) is 0.673. The minimum atomic E-state index is -0.650. The van der Waals surface area contributed by atoms with Gasteiger partial charge in [-0.05, 0) is 31.5 Å². The van der Waals surface area contributed by atoms with Crippen molar-refractivity contribution in [3.05, 3.63) is 40.2 Å². The van der Waals surface area contributed by atoms with Crippen LogP contribution in [0.1, 0.15) is 30.1 Å². The van der Waals surface area contributed by atoms with Crippen molar-refractivity contribution in [3.63, 3.8) is 0 Å². The van der Waals surface area contributed by atoms with Gasteiger partial charge in [0.1, 0.15) is 16.9 Å². The summed E-state index contributed by atoms with van der Waals surface area (Å²) in [5.41, 5.74) is -0.227. The lowest BCUT2D eigenvalue weighted by molar-refractivity contribution is -0.127. The highest BCUT2D eigenvalue weighted by Crippen LogP contribution is 2.31. The van der Waals surface area contributed by atoms with E-state index in [1.54, 1.807) is 34.1 Å². The Labute approximate surface area is 156 Å². The number of fused-ring (bicyclic) bond motifs is 2. The van der Waals surface area contributed by atoms with Crippen molar-refractivity contribution in [2.24, 2.45) is 5.92 Å². The number of hydrogen-bond acceptors (Lipinski definition) is 5. The fourth-order valence-electron chi connectivity index (χ4n) is 4.14. The predicted octanol–water partition coefficient (Wildman–Crippen LogP) is 1.88. The van der Waals surface area contributed by atoms with Crippen LogP contribution in [0.3, 0.4) is 0 Å². The second-order valence-electron chi connectivity index (χ2n) is 7.16. The van der Waals surface area contributed by atoms with E-state index in [4.69, 9.17) is 9.15 Å². The first-order valence-corrected chi connectivity index (χ1v) is 9.23. The maximum atomic E-state index is 12.9. The highest BCUT2D eigenvalue weighted by Gasteiger charge is 2.42. The molecule has 0 spiro atoms. The van der Waals surface area contributed by atoms with Crippen molar-refractivity contribution in [1.29, 1.82) is 0 Å². The first kappa shape index (κ1) is 17.6. The molecule has 1 aromatic carbocycles. The fourth-order valence-corrected chi connectivity index (χ4v) is 4.14. The molecule has 27 heavy (non-hydrogen) atoms. The molecule has 142 valence electrons. The van der Waals surface area contributed by atoms with Gasteiger partial charge in [-0.1, -0.05) is 0 Å². The monoisotopic (exact) mass is 370 g/mol. The van der Waals surface area contributed by atoms with E-state index in [2.05, 4.69) is 0 Å². The largest absolute Gasteiger partial charge is 0.494 e. The van der Waals surface area contributed by atoms with Crippen LogP contribution >= 0.6 is 0 Å². The molecule has 7 heteroatoms. The third-order valence-corrected chi connectivity index (χ3v) is 5.56. The van der Waals surface area contributed by atoms with E-state index in [0.717, 1.165) is 6.42 Å². The molecule has 0 aliphatic carbocycles. The Kier molecular flexibility index (Phi) is 4.37. The molecule has 3 heterocycles. The molecule has 7 nitrogen and oxygen atoms in total. The first-order valence-electron chi connectivity index (χ1n) is 9.23. The second-order valence-corrected chi connectivity index (χ2v) is 7.16. The molecule has 2 atom stereocenters. The Morgan fingerprint density at radius 1 is 1.30 bits per heavy atom. The van der Waals surface area contributed by atoms with Crippen LogP contribution < -0.4 is 10.4 Å². The second kappa shape index (κ2) is 6.72. The van der Waals surface area contributed by atoms with Crippen LogP contribution in [0.5, 0.6) is 5.75 Å². The van der Waals surface area contributed by atoms with E-state index in [-0.39, 0.29) is 29.3 Å². The zero-order valence-electron chi connectivity index (χ0n) is 15.4. The Balaban J connectivity index is 1.59. The van der Waals surface area contributed by atoms with Crippen LogP contribution in [-0.2, 0) is 4.79 Å². The zero-order chi connectivity index (χ0) is 19.1. The average molecular weight is 370 g/mol. The first-order chi connectivity index (χ1) is 13.0. The van der Waals surface area contributed by atoms with Crippen molar-refractivity contribution in [3.8, 4) is 5.75 Å². The van der Waals surface area contributed by atoms with E-state index < -0.39 is 5.63 Å². The highest BCUT2D eigenvalue weighted by molar-refractivity contribution is 5.97. The molecular formula is C20H22N2O5. The molecule has 2 saturated heterocycles. The molecule has 0 bridgehead atoms. The molecule has 2 aromatic rings. The Hall–Kier alpha value is -2.83. The van der Waals surface area contributed by atoms with Crippen molar-refractivity contribution < 1.29 is 18.7 Å². The lowest BCUT2D eigenvalue weighted by atomic mass is 9.92. The van der Waals surface area contributed by atoms with Crippen molar-refractivity contribution in [2.45, 2.75) is 25.8 Å². The summed E-state index contributed by atoms with van der Waals surface area (Å²) < 4.78 is 10.8. The van der Waals surface area contributed by atoms with Crippen LogP contribution in [0.25, 0.3) is 11.0 Å². The minimum absolute atomic E-state index is 0.0304. The van der Waals surface area contributed by atoms with Crippen LogP contribution in [0.2, 0.25) is 0 Å². The summed E-state index contributed by atoms with van der Waals surface area (Å²) in [6, 6.07) is 6.98. The molecule has 2 fully saturated rings. The van der Waals surface area contributed by atoms with Gasteiger partial charge in [-0.2, -0.15) is 0 Å². The normalized spacial score (nSPS) is 22.2. The number of nitrogens with zero attached hydrogens (tertiary/aromatic N) is 2. The third-order valence-electron chi connectivity index (χ3n) is 5.56. The lowest BCUT2D eigenvalue weighted by Crippen LogP contribution is -2.48. The fraction of sp³-hybridized carbons (Fsp3) is 0.450. The maximum absolute atomic E-state index is 12.9. The van der Waals surface area contributed by atoms with E-state index in [1.165, 1.54) is 0 Å². The molecule has 0 radical (unpaired) electrons. The topological polar surface area (TPSA) is 80.1 Å². The molecule has 1 aromatic heterocycles. The predicted molar refractivity (Wildman–Crippen MR) is 98.8 cm³/mol. The summed E-state index contributed by atoms with van der Waals surface area (Å²) in [6.45, 7) is 3.40. The molecule has 0 unspecified atom stereocenters. The minimum Gasteiger partial charge on any atom is -0.494 e.